The fraction of sp³-hybridized carbons (Fsp3) is 0.857. The zero-order valence-corrected chi connectivity index (χ0v) is 13.1. The quantitative estimate of drug-likeness (QED) is 0.610. The molecule has 0 radical (unpaired) electrons. The van der Waals surface area contributed by atoms with E-state index in [1.54, 1.807) is 0 Å². The molecule has 1 aliphatic rings. The monoisotopic (exact) mass is 240 g/mol. The molecule has 1 atom stereocenters. The third kappa shape index (κ3) is 3.13. The second-order valence-electron chi connectivity index (χ2n) is 6.91. The van der Waals surface area contributed by atoms with Crippen LogP contribution in [-0.2, 0) is 4.43 Å². The van der Waals surface area contributed by atoms with Crippen LogP contribution >= 0.6 is 0 Å². The summed E-state index contributed by atoms with van der Waals surface area (Å²) in [6, 6.07) is 0. The normalized spacial score (nSPS) is 23.6. The van der Waals surface area contributed by atoms with Crippen molar-refractivity contribution in [2.75, 3.05) is 0 Å². The summed E-state index contributed by atoms with van der Waals surface area (Å²) < 4.78 is 6.42. The molecule has 0 bridgehead atoms. The van der Waals surface area contributed by atoms with E-state index in [9.17, 15) is 0 Å². The first kappa shape index (κ1) is 13.8. The Morgan fingerprint density at radius 3 is 2.25 bits per heavy atom. The van der Waals surface area contributed by atoms with Gasteiger partial charge in [-0.15, -0.1) is 0 Å². The first-order chi connectivity index (χ1) is 7.13. The van der Waals surface area contributed by atoms with Crippen molar-refractivity contribution in [2.24, 2.45) is 5.92 Å². The fourth-order valence-corrected chi connectivity index (χ4v) is 3.13. The summed E-state index contributed by atoms with van der Waals surface area (Å²) in [5, 5.41) is 0.309. The Morgan fingerprint density at radius 2 is 1.81 bits per heavy atom. The lowest BCUT2D eigenvalue weighted by Crippen LogP contribution is -2.40. The highest BCUT2D eigenvalue weighted by molar-refractivity contribution is 6.74. The minimum absolute atomic E-state index is 0.309. The first-order valence-electron chi connectivity index (χ1n) is 6.51. The Hall–Kier alpha value is -0.243. The Bertz CT molecular complexity index is 284. The van der Waals surface area contributed by atoms with E-state index >= 15 is 0 Å². The molecule has 0 aromatic rings. The van der Waals surface area contributed by atoms with Gasteiger partial charge in [-0.2, -0.15) is 0 Å². The minimum atomic E-state index is -1.61. The van der Waals surface area contributed by atoms with Gasteiger partial charge in [0.1, 0.15) is 0 Å². The van der Waals surface area contributed by atoms with Crippen LogP contribution in [0, 0.1) is 5.92 Å². The van der Waals surface area contributed by atoms with Crippen LogP contribution in [0.25, 0.3) is 0 Å². The Morgan fingerprint density at radius 1 is 1.25 bits per heavy atom. The molecule has 0 N–H and O–H groups in total. The van der Waals surface area contributed by atoms with Gasteiger partial charge in [-0.3, -0.25) is 0 Å². The lowest BCUT2D eigenvalue weighted by atomic mass is 9.90. The summed E-state index contributed by atoms with van der Waals surface area (Å²) >= 11 is 0. The van der Waals surface area contributed by atoms with E-state index in [4.69, 9.17) is 4.43 Å². The third-order valence-corrected chi connectivity index (χ3v) is 8.55. The van der Waals surface area contributed by atoms with Crippen LogP contribution in [0.3, 0.4) is 0 Å². The SMILES string of the molecule is CC1=C(O[Si](C)(C)C(C)(C)C)CCC(C)C1. The van der Waals surface area contributed by atoms with Gasteiger partial charge in [-0.25, -0.2) is 0 Å². The van der Waals surface area contributed by atoms with Crippen LogP contribution < -0.4 is 0 Å². The molecule has 0 fully saturated rings. The molecule has 0 spiro atoms. The van der Waals surface area contributed by atoms with Gasteiger partial charge >= 0.3 is 0 Å². The number of allylic oxidation sites excluding steroid dienone is 2. The van der Waals surface area contributed by atoms with Crippen molar-refractivity contribution in [3.8, 4) is 0 Å². The zero-order chi connectivity index (χ0) is 12.6. The van der Waals surface area contributed by atoms with Crippen molar-refractivity contribution in [2.45, 2.75) is 72.0 Å². The molecular formula is C14H28OSi. The van der Waals surface area contributed by atoms with Crippen molar-refractivity contribution in [1.29, 1.82) is 0 Å². The molecule has 0 aliphatic heterocycles. The van der Waals surface area contributed by atoms with Crippen LogP contribution in [0.2, 0.25) is 18.1 Å². The van der Waals surface area contributed by atoms with Crippen molar-refractivity contribution < 1.29 is 4.43 Å². The van der Waals surface area contributed by atoms with E-state index in [-0.39, 0.29) is 0 Å². The number of hydrogen-bond acceptors (Lipinski definition) is 1. The molecular weight excluding hydrogens is 212 g/mol. The van der Waals surface area contributed by atoms with Gasteiger partial charge in [0, 0.05) is 6.42 Å². The van der Waals surface area contributed by atoms with Crippen LogP contribution in [-0.4, -0.2) is 8.32 Å². The molecule has 0 saturated carbocycles. The van der Waals surface area contributed by atoms with Crippen molar-refractivity contribution in [1.82, 2.24) is 0 Å². The van der Waals surface area contributed by atoms with Gasteiger partial charge < -0.3 is 4.43 Å². The van der Waals surface area contributed by atoms with Gasteiger partial charge in [-0.05, 0) is 49.4 Å². The van der Waals surface area contributed by atoms with Gasteiger partial charge in [0.25, 0.3) is 0 Å². The van der Waals surface area contributed by atoms with Crippen LogP contribution in [0.15, 0.2) is 11.3 Å². The summed E-state index contributed by atoms with van der Waals surface area (Å²) in [5.41, 5.74) is 1.49. The zero-order valence-electron chi connectivity index (χ0n) is 12.1. The van der Waals surface area contributed by atoms with Crippen LogP contribution in [0.1, 0.15) is 53.9 Å². The van der Waals surface area contributed by atoms with E-state index in [0.717, 1.165) is 12.3 Å². The molecule has 1 unspecified atom stereocenters. The van der Waals surface area contributed by atoms with Crippen LogP contribution in [0.4, 0.5) is 0 Å². The maximum atomic E-state index is 6.42. The molecule has 0 saturated heterocycles. The van der Waals surface area contributed by atoms with Gasteiger partial charge in [0.05, 0.1) is 5.76 Å². The predicted molar refractivity (Wildman–Crippen MR) is 74.0 cm³/mol. The Balaban J connectivity index is 2.78. The molecule has 0 aromatic heterocycles. The molecule has 0 heterocycles. The molecule has 1 rings (SSSR count). The number of hydrogen-bond donors (Lipinski definition) is 0. The maximum Gasteiger partial charge on any atom is 0.250 e. The molecule has 0 amide bonds. The van der Waals surface area contributed by atoms with E-state index in [2.05, 4.69) is 47.7 Å². The summed E-state index contributed by atoms with van der Waals surface area (Å²) in [6.07, 6.45) is 3.67. The third-order valence-electron chi connectivity index (χ3n) is 4.18. The fourth-order valence-electron chi connectivity index (χ4n) is 1.93. The lowest BCUT2D eigenvalue weighted by molar-refractivity contribution is 0.323. The Labute approximate surface area is 102 Å². The lowest BCUT2D eigenvalue weighted by Gasteiger charge is -2.39. The van der Waals surface area contributed by atoms with E-state index < -0.39 is 8.32 Å². The van der Waals surface area contributed by atoms with Gasteiger partial charge in [-0.1, -0.05) is 27.7 Å². The number of rotatable bonds is 2. The van der Waals surface area contributed by atoms with Gasteiger partial charge in [0.2, 0.25) is 8.32 Å². The summed E-state index contributed by atoms with van der Waals surface area (Å²) in [7, 11) is -1.61. The predicted octanol–water partition coefficient (Wildman–Crippen LogP) is 5.10. The molecule has 1 nitrogen and oxygen atoms in total. The second kappa shape index (κ2) is 4.56. The van der Waals surface area contributed by atoms with Crippen molar-refractivity contribution >= 4 is 8.32 Å². The van der Waals surface area contributed by atoms with Crippen molar-refractivity contribution in [3.63, 3.8) is 0 Å². The highest BCUT2D eigenvalue weighted by atomic mass is 28.4. The molecule has 0 aromatic carbocycles. The standard InChI is InChI=1S/C14H28OSi/c1-11-8-9-13(12(2)10-11)15-16(6,7)14(3,4)5/h11H,8-10H2,1-7H3. The van der Waals surface area contributed by atoms with Crippen molar-refractivity contribution in [3.05, 3.63) is 11.3 Å². The van der Waals surface area contributed by atoms with Crippen LogP contribution in [0.5, 0.6) is 0 Å². The minimum Gasteiger partial charge on any atom is -0.547 e. The summed E-state index contributed by atoms with van der Waals surface area (Å²) in [5.74, 6) is 2.15. The molecule has 2 heteroatoms. The van der Waals surface area contributed by atoms with Gasteiger partial charge in [0.15, 0.2) is 0 Å². The summed E-state index contributed by atoms with van der Waals surface area (Å²) in [4.78, 5) is 0. The average Bonchev–Trinajstić information content (AvgIpc) is 2.08. The van der Waals surface area contributed by atoms with E-state index in [1.165, 1.54) is 24.2 Å². The first-order valence-corrected chi connectivity index (χ1v) is 9.42. The smallest absolute Gasteiger partial charge is 0.250 e. The maximum absolute atomic E-state index is 6.42. The molecule has 1 aliphatic carbocycles. The molecule has 94 valence electrons. The second-order valence-corrected chi connectivity index (χ2v) is 11.6. The highest BCUT2D eigenvalue weighted by Crippen LogP contribution is 2.40. The summed E-state index contributed by atoms with van der Waals surface area (Å²) in [6.45, 7) is 16.2. The highest BCUT2D eigenvalue weighted by Gasteiger charge is 2.39. The largest absolute Gasteiger partial charge is 0.547 e. The van der Waals surface area contributed by atoms with E-state index in [1.807, 2.05) is 0 Å². The topological polar surface area (TPSA) is 9.23 Å². The molecule has 16 heavy (non-hydrogen) atoms. The Kier molecular flexibility index (Phi) is 3.94. The average molecular weight is 240 g/mol. The van der Waals surface area contributed by atoms with E-state index in [0.29, 0.717) is 5.04 Å².